The second kappa shape index (κ2) is 4.88. The van der Waals surface area contributed by atoms with Crippen LogP contribution in [0.4, 0.5) is 0 Å². The van der Waals surface area contributed by atoms with Gasteiger partial charge in [0.2, 0.25) is 11.8 Å². The zero-order chi connectivity index (χ0) is 13.3. The third-order valence-corrected chi connectivity index (χ3v) is 3.50. The van der Waals surface area contributed by atoms with Crippen molar-refractivity contribution in [2.75, 3.05) is 13.2 Å². The first kappa shape index (κ1) is 13.3. The fourth-order valence-corrected chi connectivity index (χ4v) is 2.53. The van der Waals surface area contributed by atoms with Crippen LogP contribution in [0.1, 0.15) is 40.0 Å². The molecule has 5 heteroatoms. The van der Waals surface area contributed by atoms with Crippen molar-refractivity contribution in [2.45, 2.75) is 57.7 Å². The van der Waals surface area contributed by atoms with Crippen LogP contribution in [0, 0.1) is 0 Å². The van der Waals surface area contributed by atoms with Crippen LogP contribution in [0.2, 0.25) is 0 Å². The van der Waals surface area contributed by atoms with E-state index in [2.05, 4.69) is 5.32 Å². The van der Waals surface area contributed by atoms with Crippen molar-refractivity contribution in [1.29, 1.82) is 0 Å². The summed E-state index contributed by atoms with van der Waals surface area (Å²) < 4.78 is 5.34. The van der Waals surface area contributed by atoms with Crippen molar-refractivity contribution < 1.29 is 14.3 Å². The van der Waals surface area contributed by atoms with Crippen LogP contribution < -0.4 is 5.32 Å². The van der Waals surface area contributed by atoms with Gasteiger partial charge in [0, 0.05) is 25.1 Å². The van der Waals surface area contributed by atoms with E-state index in [1.807, 2.05) is 25.7 Å². The molecule has 0 aromatic rings. The maximum atomic E-state index is 11.9. The van der Waals surface area contributed by atoms with Gasteiger partial charge in [-0.2, -0.15) is 0 Å². The number of hydrogen-bond donors (Lipinski definition) is 1. The minimum absolute atomic E-state index is 0.0685. The van der Waals surface area contributed by atoms with Gasteiger partial charge in [-0.25, -0.2) is 0 Å². The van der Waals surface area contributed by atoms with Crippen LogP contribution in [0.3, 0.4) is 0 Å². The van der Waals surface area contributed by atoms with E-state index in [0.717, 1.165) is 12.8 Å². The first-order valence-corrected chi connectivity index (χ1v) is 6.60. The van der Waals surface area contributed by atoms with Gasteiger partial charge in [-0.05, 0) is 33.6 Å². The number of amides is 2. The zero-order valence-corrected chi connectivity index (χ0v) is 11.4. The Morgan fingerprint density at radius 2 is 2.17 bits per heavy atom. The van der Waals surface area contributed by atoms with E-state index in [-0.39, 0.29) is 29.5 Å². The van der Waals surface area contributed by atoms with E-state index in [0.29, 0.717) is 19.6 Å². The summed E-state index contributed by atoms with van der Waals surface area (Å²) >= 11 is 0. The molecule has 18 heavy (non-hydrogen) atoms. The summed E-state index contributed by atoms with van der Waals surface area (Å²) in [5, 5.41) is 2.93. The van der Waals surface area contributed by atoms with E-state index in [1.165, 1.54) is 0 Å². The third-order valence-electron chi connectivity index (χ3n) is 3.50. The number of ether oxygens (including phenoxy) is 1. The van der Waals surface area contributed by atoms with Gasteiger partial charge in [0.1, 0.15) is 6.10 Å². The van der Waals surface area contributed by atoms with Crippen LogP contribution in [0.15, 0.2) is 0 Å². The van der Waals surface area contributed by atoms with Crippen molar-refractivity contribution in [1.82, 2.24) is 10.2 Å². The Morgan fingerprint density at radius 3 is 2.67 bits per heavy atom. The molecule has 5 nitrogen and oxygen atoms in total. The molecule has 0 bridgehead atoms. The summed E-state index contributed by atoms with van der Waals surface area (Å²) in [5.74, 6) is 0.0428. The van der Waals surface area contributed by atoms with Gasteiger partial charge in [-0.15, -0.1) is 0 Å². The molecule has 2 saturated heterocycles. The Bertz CT molecular complexity index is 343. The minimum Gasteiger partial charge on any atom is -0.368 e. The molecule has 0 aromatic heterocycles. The number of carbonyl (C=O) groups excluding carboxylic acids is 2. The molecule has 2 aliphatic rings. The zero-order valence-electron chi connectivity index (χ0n) is 11.4. The summed E-state index contributed by atoms with van der Waals surface area (Å²) in [6.07, 6.45) is 1.81. The summed E-state index contributed by atoms with van der Waals surface area (Å²) in [7, 11) is 0. The Labute approximate surface area is 108 Å². The van der Waals surface area contributed by atoms with Crippen LogP contribution in [-0.4, -0.2) is 47.6 Å². The predicted molar refractivity (Wildman–Crippen MR) is 67.0 cm³/mol. The van der Waals surface area contributed by atoms with E-state index < -0.39 is 0 Å². The van der Waals surface area contributed by atoms with Gasteiger partial charge < -0.3 is 15.0 Å². The molecule has 0 radical (unpaired) electrons. The molecule has 2 rings (SSSR count). The highest BCUT2D eigenvalue weighted by Crippen LogP contribution is 2.22. The van der Waals surface area contributed by atoms with Gasteiger partial charge >= 0.3 is 0 Å². The highest BCUT2D eigenvalue weighted by atomic mass is 16.5. The van der Waals surface area contributed by atoms with Crippen molar-refractivity contribution in [2.24, 2.45) is 0 Å². The smallest absolute Gasteiger partial charge is 0.249 e. The lowest BCUT2D eigenvalue weighted by molar-refractivity contribution is -0.131. The lowest BCUT2D eigenvalue weighted by Crippen LogP contribution is -2.46. The molecule has 0 saturated carbocycles. The fourth-order valence-electron chi connectivity index (χ4n) is 2.53. The highest BCUT2D eigenvalue weighted by Gasteiger charge is 2.37. The predicted octanol–water partition coefficient (Wildman–Crippen LogP) is 0.681. The molecule has 102 valence electrons. The van der Waals surface area contributed by atoms with Crippen molar-refractivity contribution in [3.63, 3.8) is 0 Å². The summed E-state index contributed by atoms with van der Waals surface area (Å²) in [6, 6.07) is -0.0755. The molecule has 0 spiro atoms. The minimum atomic E-state index is -0.316. The quantitative estimate of drug-likeness (QED) is 0.788. The molecule has 2 fully saturated rings. The number of carbonyl (C=O) groups is 2. The van der Waals surface area contributed by atoms with Crippen LogP contribution >= 0.6 is 0 Å². The number of nitrogens with one attached hydrogen (secondary N) is 1. The SMILES string of the molecule is CC(C)(C)N1CC(NC(=O)C2CCCO2)CC1=O. The van der Waals surface area contributed by atoms with Crippen molar-refractivity contribution >= 4 is 11.8 Å². The molecule has 2 aliphatic heterocycles. The molecule has 2 unspecified atom stereocenters. The molecular weight excluding hydrogens is 232 g/mol. The maximum Gasteiger partial charge on any atom is 0.249 e. The molecule has 1 N–H and O–H groups in total. The highest BCUT2D eigenvalue weighted by molar-refractivity contribution is 5.84. The molecule has 0 aliphatic carbocycles. The van der Waals surface area contributed by atoms with Crippen LogP contribution in [-0.2, 0) is 14.3 Å². The first-order valence-electron chi connectivity index (χ1n) is 6.60. The van der Waals surface area contributed by atoms with Crippen molar-refractivity contribution in [3.05, 3.63) is 0 Å². The van der Waals surface area contributed by atoms with E-state index >= 15 is 0 Å². The van der Waals surface area contributed by atoms with Gasteiger partial charge in [-0.1, -0.05) is 0 Å². The van der Waals surface area contributed by atoms with Gasteiger partial charge in [-0.3, -0.25) is 9.59 Å². The Morgan fingerprint density at radius 1 is 1.44 bits per heavy atom. The standard InChI is InChI=1S/C13H22N2O3/c1-13(2,3)15-8-9(7-11(15)16)14-12(17)10-5-4-6-18-10/h9-10H,4-8H2,1-3H3,(H,14,17). The van der Waals surface area contributed by atoms with Crippen LogP contribution in [0.25, 0.3) is 0 Å². The molecular formula is C13H22N2O3. The average molecular weight is 254 g/mol. The van der Waals surface area contributed by atoms with Gasteiger partial charge in [0.25, 0.3) is 0 Å². The Hall–Kier alpha value is -1.10. The topological polar surface area (TPSA) is 58.6 Å². The summed E-state index contributed by atoms with van der Waals surface area (Å²) in [5.41, 5.74) is -0.180. The second-order valence-corrected chi connectivity index (χ2v) is 6.09. The normalized spacial score (nSPS) is 28.8. The number of hydrogen-bond acceptors (Lipinski definition) is 3. The van der Waals surface area contributed by atoms with Gasteiger partial charge in [0.05, 0.1) is 6.04 Å². The number of likely N-dealkylation sites (tertiary alicyclic amines) is 1. The second-order valence-electron chi connectivity index (χ2n) is 6.09. The summed E-state index contributed by atoms with van der Waals surface area (Å²) in [4.78, 5) is 25.6. The molecule has 0 aromatic carbocycles. The van der Waals surface area contributed by atoms with Crippen LogP contribution in [0.5, 0.6) is 0 Å². The molecule has 2 amide bonds. The number of rotatable bonds is 2. The maximum absolute atomic E-state index is 11.9. The summed E-state index contributed by atoms with van der Waals surface area (Å²) in [6.45, 7) is 7.29. The fraction of sp³-hybridized carbons (Fsp3) is 0.846. The lowest BCUT2D eigenvalue weighted by atomic mass is 10.1. The third kappa shape index (κ3) is 2.83. The molecule has 2 atom stereocenters. The van der Waals surface area contributed by atoms with Crippen molar-refractivity contribution in [3.8, 4) is 0 Å². The van der Waals surface area contributed by atoms with E-state index in [9.17, 15) is 9.59 Å². The Kier molecular flexibility index (Phi) is 3.61. The van der Waals surface area contributed by atoms with E-state index in [4.69, 9.17) is 4.74 Å². The van der Waals surface area contributed by atoms with Gasteiger partial charge in [0.15, 0.2) is 0 Å². The largest absolute Gasteiger partial charge is 0.368 e. The first-order chi connectivity index (χ1) is 8.38. The van der Waals surface area contributed by atoms with E-state index in [1.54, 1.807) is 0 Å². The monoisotopic (exact) mass is 254 g/mol. The lowest BCUT2D eigenvalue weighted by Gasteiger charge is -2.32. The number of nitrogens with zero attached hydrogens (tertiary/aromatic N) is 1. The average Bonchev–Trinajstić information content (AvgIpc) is 2.85. The molecule has 2 heterocycles. The Balaban J connectivity index is 1.88.